The number of alkyl halides is 9. The number of rotatable bonds is 30. The van der Waals surface area contributed by atoms with E-state index in [4.69, 9.17) is 67.4 Å². The summed E-state index contributed by atoms with van der Waals surface area (Å²) in [6, 6.07) is 6.25. The van der Waals surface area contributed by atoms with Crippen molar-refractivity contribution >= 4 is 23.4 Å². The van der Waals surface area contributed by atoms with Gasteiger partial charge in [-0.05, 0) is 62.1 Å². The van der Waals surface area contributed by atoms with Crippen molar-refractivity contribution in [3.05, 3.63) is 0 Å². The fraction of sp³-hybridized carbons (Fsp3) is 0.860. The fourth-order valence-corrected chi connectivity index (χ4v) is 5.37. The molecule has 502 valence electrons. The van der Waals surface area contributed by atoms with E-state index in [1.807, 2.05) is 61.0 Å². The Labute approximate surface area is 496 Å². The molecule has 1 atom stereocenters. The molecule has 0 aromatic rings. The van der Waals surface area contributed by atoms with E-state index in [9.17, 15) is 58.7 Å². The summed E-state index contributed by atoms with van der Waals surface area (Å²) < 4.78 is 105. The number of nitrogens with two attached hydrogens (primary N) is 9. The van der Waals surface area contributed by atoms with E-state index in [0.29, 0.717) is 84.6 Å². The zero-order valence-corrected chi connectivity index (χ0v) is 52.3. The number of likely N-dealkylation sites (N-methyl/N-ethyl adjacent to an activating group) is 6. The first-order valence-corrected chi connectivity index (χ1v) is 26.8. The maximum Gasteiger partial charge on any atom is 0.401 e. The summed E-state index contributed by atoms with van der Waals surface area (Å²) >= 11 is 0. The highest BCUT2D eigenvalue weighted by Crippen LogP contribution is 2.21. The number of amides is 2. The minimum absolute atomic E-state index is 0.0227. The molecule has 1 unspecified atom stereocenters. The van der Waals surface area contributed by atoms with Gasteiger partial charge in [-0.1, -0.05) is 13.8 Å². The van der Waals surface area contributed by atoms with Crippen molar-refractivity contribution in [2.24, 2.45) is 51.6 Å². The quantitative estimate of drug-likeness (QED) is 0.0293. The van der Waals surface area contributed by atoms with Crippen molar-refractivity contribution in [2.75, 3.05) is 212 Å². The number of carbonyl (C=O) groups excluding carboxylic acids is 4. The number of hydrogen-bond donors (Lipinski definition) is 10. The van der Waals surface area contributed by atoms with Gasteiger partial charge in [-0.15, -0.1) is 0 Å². The lowest BCUT2D eigenvalue weighted by Gasteiger charge is -2.23. The van der Waals surface area contributed by atoms with E-state index >= 15 is 0 Å². The summed E-state index contributed by atoms with van der Waals surface area (Å²) in [6.45, 7) is 21.2. The first kappa shape index (κ1) is 98.5. The predicted octanol–water partition coefficient (Wildman–Crippen LogP) is -1.38. The molecule has 0 aliphatic heterocycles. The van der Waals surface area contributed by atoms with Gasteiger partial charge in [0, 0.05) is 138 Å². The van der Waals surface area contributed by atoms with Crippen LogP contribution in [0.1, 0.15) is 48.5 Å². The lowest BCUT2D eigenvalue weighted by molar-refractivity contribution is -0.179. The molecule has 34 heteroatoms. The highest BCUT2D eigenvalue weighted by molar-refractivity contribution is 5.77. The van der Waals surface area contributed by atoms with Gasteiger partial charge in [-0.3, -0.25) is 48.6 Å². The molecule has 0 fully saturated rings. The summed E-state index contributed by atoms with van der Waals surface area (Å²) in [5.41, 5.74) is 46.7. The van der Waals surface area contributed by atoms with E-state index in [2.05, 4.69) is 24.1 Å². The van der Waals surface area contributed by atoms with Gasteiger partial charge in [0.15, 0.2) is 0 Å². The van der Waals surface area contributed by atoms with Crippen LogP contribution >= 0.6 is 0 Å². The van der Waals surface area contributed by atoms with Gasteiger partial charge in [-0.2, -0.15) is 55.3 Å². The van der Waals surface area contributed by atoms with Crippen molar-refractivity contribution < 1.29 is 58.7 Å². The summed E-state index contributed by atoms with van der Waals surface area (Å²) in [6.07, 6.45) is -13.4. The van der Waals surface area contributed by atoms with Crippen LogP contribution in [0.2, 0.25) is 0 Å². The molecule has 2 amide bonds. The minimum Gasteiger partial charge on any atom is -0.355 e. The van der Waals surface area contributed by atoms with E-state index < -0.39 is 44.7 Å². The minimum atomic E-state index is -4.64. The molecule has 0 aliphatic rings. The monoisotopic (exact) mass is 1240 g/mol. The maximum absolute atomic E-state index is 11.8. The second-order valence-corrected chi connectivity index (χ2v) is 18.3. The Hall–Kier alpha value is -4.52. The number of Topliss-reactive ketones (excluding diaryl/α,β-unsaturated/α-hetero) is 2. The molecule has 0 aromatic heterocycles. The molecule has 19 N–H and O–H groups in total. The number of nitrogens with zero attached hydrogens (tertiary/aromatic N) is 11. The Kier molecular flexibility index (Phi) is 79.3. The molecular formula is C50H110F9N21O4. The lowest BCUT2D eigenvalue weighted by atomic mass is 10.3. The molecule has 0 heterocycles. The molecule has 0 aromatic carbocycles. The van der Waals surface area contributed by atoms with Gasteiger partial charge in [0.2, 0.25) is 11.8 Å². The van der Waals surface area contributed by atoms with Crippen molar-refractivity contribution in [3.8, 4) is 18.2 Å². The van der Waals surface area contributed by atoms with Gasteiger partial charge in [-0.25, -0.2) is 0 Å². The number of hydrogen-bond acceptors (Lipinski definition) is 23. The molecular weight excluding hydrogens is 1130 g/mol. The van der Waals surface area contributed by atoms with Crippen LogP contribution < -0.4 is 56.9 Å². The van der Waals surface area contributed by atoms with Crippen LogP contribution in [-0.4, -0.2) is 299 Å². The van der Waals surface area contributed by atoms with Crippen molar-refractivity contribution in [1.82, 2.24) is 44.5 Å². The number of carbonyl (C=O) groups is 4. The second-order valence-electron chi connectivity index (χ2n) is 18.3. The van der Waals surface area contributed by atoms with Crippen LogP contribution in [0.5, 0.6) is 0 Å². The Bertz CT molecular complexity index is 1570. The van der Waals surface area contributed by atoms with E-state index in [1.54, 1.807) is 30.7 Å². The van der Waals surface area contributed by atoms with Crippen LogP contribution in [0.25, 0.3) is 0 Å². The molecule has 0 saturated heterocycles. The number of nitriles is 3. The molecule has 0 rings (SSSR count). The zero-order valence-electron chi connectivity index (χ0n) is 52.3. The lowest BCUT2D eigenvalue weighted by Crippen LogP contribution is -2.42. The summed E-state index contributed by atoms with van der Waals surface area (Å²) in [7, 11) is 8.76. The summed E-state index contributed by atoms with van der Waals surface area (Å²) in [5.74, 6) is 0.415. The normalized spacial score (nSPS) is 11.0. The Morgan fingerprint density at radius 1 is 0.464 bits per heavy atom. The molecule has 0 radical (unpaired) electrons. The van der Waals surface area contributed by atoms with Crippen molar-refractivity contribution in [1.29, 1.82) is 15.8 Å². The molecule has 0 bridgehead atoms. The Morgan fingerprint density at radius 2 is 0.786 bits per heavy atom. The maximum atomic E-state index is 11.8. The number of halogens is 9. The molecule has 0 aliphatic carbocycles. The summed E-state index contributed by atoms with van der Waals surface area (Å²) in [4.78, 5) is 54.0. The van der Waals surface area contributed by atoms with E-state index in [0.717, 1.165) is 44.2 Å². The van der Waals surface area contributed by atoms with Crippen LogP contribution in [-0.2, 0) is 19.2 Å². The van der Waals surface area contributed by atoms with Crippen LogP contribution in [0.3, 0.4) is 0 Å². The third-order valence-electron chi connectivity index (χ3n) is 9.06. The van der Waals surface area contributed by atoms with Crippen LogP contribution in [0.4, 0.5) is 39.5 Å². The highest BCUT2D eigenvalue weighted by Gasteiger charge is 2.37. The SMILES string of the molecule is CC(=O)CN(C)CCN.CC(=O)CN(C)CCN.CC(=O)N(C)CCN.CC(=O)NCCN.CCN(CC)CC(C)N.CN(CC#N)CCN.CN(CCN)CC(F)(F)F.N#CCN(CC#N)CCN.NCCN(CC(F)(F)F)CC(F)(F)F. The average molecular weight is 1240 g/mol. The molecule has 0 saturated carbocycles. The zero-order chi connectivity index (χ0) is 67.9. The first-order valence-electron chi connectivity index (χ1n) is 26.8. The van der Waals surface area contributed by atoms with Crippen LogP contribution in [0.15, 0.2) is 0 Å². The standard InChI is InChI=1S/C7H18N2.C6H10F6N2.C6H10N4.2C6H14N2O.C5H11F3N2.C5H11N3.C5H12N2O.C4H10N2O/c1-4-9(5-2)6-7(3)8;7-5(8,9)3-14(2-1-13)4-6(10,11)12;7-1-4-10(5-2-8)6-3-9;2*1-6(9)5-8(2)4-3-7;1-10(3-2-9)4-5(6,7)8;1-8(4-2-6)5-3-7;1-5(8)7(2)4-3-6;1-4(7)6-3-2-5/h7H,4-6,8H2,1-3H3;1-4,13H2;1,4-7H2;2*3-5,7H2,1-2H3;2-4,9H2,1H3;2,4-6H2,1H3;3-4,6H2,1-2H3;2-3,5H2,1H3,(H,6,7). The third kappa shape index (κ3) is 109. The van der Waals surface area contributed by atoms with Crippen molar-refractivity contribution in [2.45, 2.75) is 73.0 Å². The third-order valence-corrected chi connectivity index (χ3v) is 9.06. The topological polar surface area (TPSA) is 412 Å². The molecule has 84 heavy (non-hydrogen) atoms. The second kappa shape index (κ2) is 67.6. The van der Waals surface area contributed by atoms with Gasteiger partial charge in [0.05, 0.1) is 70.6 Å². The number of nitrogens with one attached hydrogen (secondary N) is 1. The predicted molar refractivity (Wildman–Crippen MR) is 315 cm³/mol. The van der Waals surface area contributed by atoms with Crippen LogP contribution in [0, 0.1) is 34.0 Å². The van der Waals surface area contributed by atoms with E-state index in [1.165, 1.54) is 20.9 Å². The fourth-order valence-electron chi connectivity index (χ4n) is 5.37. The van der Waals surface area contributed by atoms with Gasteiger partial charge < -0.3 is 66.7 Å². The van der Waals surface area contributed by atoms with Gasteiger partial charge in [0.1, 0.15) is 11.6 Å². The highest BCUT2D eigenvalue weighted by atomic mass is 19.4. The first-order chi connectivity index (χ1) is 38.7. The Balaban J connectivity index is -0.000000108. The Morgan fingerprint density at radius 3 is 1.00 bits per heavy atom. The molecule has 0 spiro atoms. The number of ketones is 2. The summed E-state index contributed by atoms with van der Waals surface area (Å²) in [5, 5.41) is 27.2. The van der Waals surface area contributed by atoms with Gasteiger partial charge >= 0.3 is 18.5 Å². The van der Waals surface area contributed by atoms with Gasteiger partial charge in [0.25, 0.3) is 0 Å². The smallest absolute Gasteiger partial charge is 0.355 e. The van der Waals surface area contributed by atoms with Crippen molar-refractivity contribution in [3.63, 3.8) is 0 Å². The average Bonchev–Trinajstić information content (AvgIpc) is 3.33. The molecule has 25 nitrogen and oxygen atoms in total. The largest absolute Gasteiger partial charge is 0.401 e. The van der Waals surface area contributed by atoms with E-state index in [-0.39, 0.29) is 61.0 Å².